The second-order valence-electron chi connectivity index (χ2n) is 11.4. The molecule has 0 radical (unpaired) electrons. The molecule has 4 rings (SSSR count). The molecule has 0 spiro atoms. The summed E-state index contributed by atoms with van der Waals surface area (Å²) >= 11 is 0. The molecule has 2 aliphatic rings. The smallest absolute Gasteiger partial charge is 0.335 e. The van der Waals surface area contributed by atoms with E-state index in [1.54, 1.807) is 12.1 Å². The fourth-order valence-electron chi connectivity index (χ4n) is 5.69. The average Bonchev–Trinajstić information content (AvgIpc) is 3.16. The highest BCUT2D eigenvalue weighted by molar-refractivity contribution is 6.40. The number of nitrogens with zero attached hydrogens (tertiary/aromatic N) is 2. The van der Waals surface area contributed by atoms with Crippen molar-refractivity contribution in [2.24, 2.45) is 0 Å². The summed E-state index contributed by atoms with van der Waals surface area (Å²) in [5.74, 6) is -1.11. The summed E-state index contributed by atoms with van der Waals surface area (Å²) in [7, 11) is 0. The number of hydrogen-bond acceptors (Lipinski definition) is 4. The molecule has 2 N–H and O–H groups in total. The van der Waals surface area contributed by atoms with Crippen molar-refractivity contribution in [3.63, 3.8) is 0 Å². The summed E-state index contributed by atoms with van der Waals surface area (Å²) in [5, 5.41) is 20.7. The fraction of sp³-hybridized carbons (Fsp3) is 0.441. The van der Waals surface area contributed by atoms with Crippen LogP contribution in [-0.4, -0.2) is 51.9 Å². The lowest BCUT2D eigenvalue weighted by molar-refractivity contribution is -0.438. The van der Waals surface area contributed by atoms with Gasteiger partial charge in [0.2, 0.25) is 11.5 Å². The highest BCUT2D eigenvalue weighted by atomic mass is 16.4. The van der Waals surface area contributed by atoms with Gasteiger partial charge >= 0.3 is 5.97 Å². The lowest BCUT2D eigenvalue weighted by Crippen LogP contribution is -2.31. The number of aliphatic hydroxyl groups is 1. The third-order valence-corrected chi connectivity index (χ3v) is 8.20. The molecule has 212 valence electrons. The number of carbonyl (C=O) groups is 2. The molecule has 0 atom stereocenters. The zero-order chi connectivity index (χ0) is 29.0. The van der Waals surface area contributed by atoms with Crippen LogP contribution in [0.5, 0.6) is 0 Å². The Labute approximate surface area is 238 Å². The number of Topliss-reactive ketones (excluding diaryl/α,β-unsaturated/α-hetero) is 1. The fourth-order valence-corrected chi connectivity index (χ4v) is 5.69. The number of ketones is 1. The molecule has 0 bridgehead atoms. The van der Waals surface area contributed by atoms with Crippen molar-refractivity contribution in [1.29, 1.82) is 0 Å². The molecule has 2 aromatic rings. The predicted octanol–water partition coefficient (Wildman–Crippen LogP) is 7.45. The maximum atomic E-state index is 13.4. The van der Waals surface area contributed by atoms with Crippen LogP contribution in [0.2, 0.25) is 0 Å². The average molecular weight is 544 g/mol. The second-order valence-corrected chi connectivity index (χ2v) is 11.4. The van der Waals surface area contributed by atoms with Crippen molar-refractivity contribution >= 4 is 34.4 Å². The van der Waals surface area contributed by atoms with Gasteiger partial charge in [-0.3, -0.25) is 4.79 Å². The summed E-state index contributed by atoms with van der Waals surface area (Å²) in [6, 6.07) is 13.2. The van der Waals surface area contributed by atoms with Gasteiger partial charge in [-0.15, -0.1) is 0 Å². The van der Waals surface area contributed by atoms with Gasteiger partial charge in [0.15, 0.2) is 5.71 Å². The summed E-state index contributed by atoms with van der Waals surface area (Å²) in [4.78, 5) is 27.5. The Kier molecular flexibility index (Phi) is 8.97. The molecule has 0 unspecified atom stereocenters. The van der Waals surface area contributed by atoms with E-state index >= 15 is 0 Å². The zero-order valence-electron chi connectivity index (χ0n) is 24.6. The van der Waals surface area contributed by atoms with Crippen molar-refractivity contribution < 1.29 is 24.4 Å². The van der Waals surface area contributed by atoms with Crippen LogP contribution in [0.3, 0.4) is 0 Å². The Morgan fingerprint density at radius 2 is 1.57 bits per heavy atom. The minimum absolute atomic E-state index is 0.0208. The first-order valence-electron chi connectivity index (χ1n) is 14.7. The molecule has 0 aromatic heterocycles. The maximum Gasteiger partial charge on any atom is 0.335 e. The number of unbranched alkanes of at least 4 members (excludes halogenated alkanes) is 3. The minimum Gasteiger partial charge on any atom is -0.506 e. The van der Waals surface area contributed by atoms with E-state index in [-0.39, 0.29) is 17.1 Å². The quantitative estimate of drug-likeness (QED) is 0.203. The third kappa shape index (κ3) is 5.49. The molecule has 2 aromatic carbocycles. The Morgan fingerprint density at radius 3 is 2.12 bits per heavy atom. The van der Waals surface area contributed by atoms with Crippen molar-refractivity contribution in [3.05, 3.63) is 76.6 Å². The summed E-state index contributed by atoms with van der Waals surface area (Å²) < 4.78 is 2.17. The van der Waals surface area contributed by atoms with Gasteiger partial charge in [-0.2, -0.15) is 4.58 Å². The number of hydrogen-bond donors (Lipinski definition) is 2. The largest absolute Gasteiger partial charge is 0.506 e. The van der Waals surface area contributed by atoms with E-state index in [9.17, 15) is 19.8 Å². The summed E-state index contributed by atoms with van der Waals surface area (Å²) in [6.07, 6.45) is 8.31. The molecule has 6 nitrogen and oxygen atoms in total. The van der Waals surface area contributed by atoms with Crippen LogP contribution >= 0.6 is 0 Å². The molecule has 0 fully saturated rings. The molecular formula is C34H43N2O4+. The Hall–Kier alpha value is -3.67. The van der Waals surface area contributed by atoms with Crippen molar-refractivity contribution in [1.82, 2.24) is 0 Å². The van der Waals surface area contributed by atoms with E-state index in [2.05, 4.69) is 30.2 Å². The summed E-state index contributed by atoms with van der Waals surface area (Å²) in [6.45, 7) is 13.4. The lowest BCUT2D eigenvalue weighted by Gasteiger charge is -2.26. The van der Waals surface area contributed by atoms with Gasteiger partial charge in [-0.1, -0.05) is 52.2 Å². The SMILES string of the molecule is CCCCN(CCCC)c1ccc(C2=C(O)C(=CC3=[N+](CCCC)c4ccc(C(=O)O)cc4C3(C)C)C2=O)cc1. The number of carbonyl (C=O) groups excluding carboxylic acids is 1. The van der Waals surface area contributed by atoms with E-state index in [0.29, 0.717) is 11.1 Å². The molecule has 0 saturated carbocycles. The maximum absolute atomic E-state index is 13.4. The van der Waals surface area contributed by atoms with Crippen molar-refractivity contribution in [2.45, 2.75) is 78.6 Å². The minimum atomic E-state index is -0.963. The van der Waals surface area contributed by atoms with Gasteiger partial charge in [0, 0.05) is 42.9 Å². The molecular weight excluding hydrogens is 500 g/mol. The molecule has 40 heavy (non-hydrogen) atoms. The van der Waals surface area contributed by atoms with Crippen LogP contribution < -0.4 is 4.90 Å². The number of rotatable bonds is 13. The van der Waals surface area contributed by atoms with Crippen LogP contribution in [0.4, 0.5) is 11.4 Å². The third-order valence-electron chi connectivity index (χ3n) is 8.20. The van der Waals surface area contributed by atoms with Crippen LogP contribution in [0.25, 0.3) is 5.57 Å². The first kappa shape index (κ1) is 29.3. The van der Waals surface area contributed by atoms with Gasteiger partial charge in [0.1, 0.15) is 12.3 Å². The number of benzene rings is 2. The highest BCUT2D eigenvalue weighted by Gasteiger charge is 2.46. The first-order valence-corrected chi connectivity index (χ1v) is 14.7. The summed E-state index contributed by atoms with van der Waals surface area (Å²) in [5.41, 5.74) is 5.01. The number of aromatic carboxylic acids is 1. The van der Waals surface area contributed by atoms with Crippen LogP contribution in [0, 0.1) is 0 Å². The van der Waals surface area contributed by atoms with E-state index in [0.717, 1.165) is 86.4 Å². The van der Waals surface area contributed by atoms with E-state index in [1.165, 1.54) is 0 Å². The highest BCUT2D eigenvalue weighted by Crippen LogP contribution is 2.43. The number of anilines is 1. The first-order chi connectivity index (χ1) is 19.1. The Bertz CT molecular complexity index is 1370. The van der Waals surface area contributed by atoms with Gasteiger partial charge in [0.25, 0.3) is 0 Å². The van der Waals surface area contributed by atoms with E-state index < -0.39 is 11.4 Å². The number of carboxylic acids is 1. The van der Waals surface area contributed by atoms with Gasteiger partial charge in [-0.25, -0.2) is 4.79 Å². The monoisotopic (exact) mass is 543 g/mol. The van der Waals surface area contributed by atoms with Crippen LogP contribution in [0.1, 0.15) is 94.6 Å². The number of aliphatic hydroxyl groups excluding tert-OH is 1. The van der Waals surface area contributed by atoms with Gasteiger partial charge in [-0.05, 0) is 56.5 Å². The standard InChI is InChI=1S/C34H42N2O4/c1-6-9-18-35(19-10-7-2)25-15-12-23(13-16-25)30-31(37)26(32(30)38)22-29-34(4,5)27-21-24(33(39)40)14-17-28(27)36(29)20-11-8-3/h12-17,21-22H,6-11,18-20H2,1-5H3,(H-,37,38,39,40)/p+1. The number of allylic oxidation sites excluding steroid dienone is 3. The molecule has 1 aliphatic carbocycles. The van der Waals surface area contributed by atoms with Gasteiger partial charge in [0.05, 0.1) is 22.1 Å². The topological polar surface area (TPSA) is 80.8 Å². The lowest BCUT2D eigenvalue weighted by atomic mass is 9.77. The normalized spacial score (nSPS) is 16.9. The molecule has 0 saturated heterocycles. The van der Waals surface area contributed by atoms with E-state index in [1.807, 2.05) is 50.3 Å². The van der Waals surface area contributed by atoms with Crippen LogP contribution in [-0.2, 0) is 10.2 Å². The van der Waals surface area contributed by atoms with Gasteiger partial charge < -0.3 is 15.1 Å². The molecule has 1 aliphatic heterocycles. The predicted molar refractivity (Wildman–Crippen MR) is 162 cm³/mol. The Balaban J connectivity index is 1.67. The molecule has 0 amide bonds. The molecule has 6 heteroatoms. The zero-order valence-corrected chi connectivity index (χ0v) is 24.6. The van der Waals surface area contributed by atoms with Crippen molar-refractivity contribution in [3.8, 4) is 0 Å². The second kappa shape index (κ2) is 12.2. The number of carboxylic acid groups (broad SMARTS) is 1. The molecule has 1 heterocycles. The van der Waals surface area contributed by atoms with Crippen LogP contribution in [0.15, 0.2) is 59.9 Å². The number of fused-ring (bicyclic) bond motifs is 1. The van der Waals surface area contributed by atoms with Crippen molar-refractivity contribution in [2.75, 3.05) is 24.5 Å². The van der Waals surface area contributed by atoms with E-state index in [4.69, 9.17) is 0 Å². The Morgan fingerprint density at radius 1 is 0.950 bits per heavy atom.